The zero-order valence-electron chi connectivity index (χ0n) is 10.2. The molecule has 1 aromatic rings. The lowest BCUT2D eigenvalue weighted by Crippen LogP contribution is -2.29. The standard InChI is InChI=1S/C12H15N3O3/c1-2-18-12(17)10-5-3-8-15(10)9-11(16)14-7-4-6-13/h3,5,8H,2,4,7,9H2,1H3,(H,14,16). The number of carbonyl (C=O) groups is 2. The van der Waals surface area contributed by atoms with E-state index in [4.69, 9.17) is 10.00 Å². The second-order valence-corrected chi connectivity index (χ2v) is 3.50. The number of hydrogen-bond donors (Lipinski definition) is 1. The molecule has 1 heterocycles. The number of aromatic nitrogens is 1. The molecule has 6 nitrogen and oxygen atoms in total. The van der Waals surface area contributed by atoms with Crippen LogP contribution in [0.4, 0.5) is 0 Å². The molecule has 0 atom stereocenters. The van der Waals surface area contributed by atoms with Crippen molar-refractivity contribution in [2.24, 2.45) is 0 Å². The molecule has 0 saturated carbocycles. The number of hydrogen-bond acceptors (Lipinski definition) is 4. The predicted octanol–water partition coefficient (Wildman–Crippen LogP) is 0.695. The average Bonchev–Trinajstić information content (AvgIpc) is 2.78. The number of nitrogens with zero attached hydrogens (tertiary/aromatic N) is 2. The third-order valence-corrected chi connectivity index (χ3v) is 2.19. The zero-order chi connectivity index (χ0) is 13.4. The normalized spacial score (nSPS) is 9.56. The van der Waals surface area contributed by atoms with Crippen LogP contribution < -0.4 is 5.32 Å². The monoisotopic (exact) mass is 249 g/mol. The largest absolute Gasteiger partial charge is 0.461 e. The summed E-state index contributed by atoms with van der Waals surface area (Å²) < 4.78 is 6.39. The van der Waals surface area contributed by atoms with Gasteiger partial charge in [0.15, 0.2) is 0 Å². The van der Waals surface area contributed by atoms with Gasteiger partial charge in [0.25, 0.3) is 0 Å². The summed E-state index contributed by atoms with van der Waals surface area (Å²) in [4.78, 5) is 23.1. The minimum Gasteiger partial charge on any atom is -0.461 e. The van der Waals surface area contributed by atoms with Crippen LogP contribution in [0.5, 0.6) is 0 Å². The van der Waals surface area contributed by atoms with Gasteiger partial charge in [-0.2, -0.15) is 5.26 Å². The molecule has 0 spiro atoms. The Balaban J connectivity index is 2.57. The SMILES string of the molecule is CCOC(=O)c1cccn1CC(=O)NCCC#N. The Morgan fingerprint density at radius 1 is 1.56 bits per heavy atom. The molecule has 18 heavy (non-hydrogen) atoms. The molecule has 1 rings (SSSR count). The Morgan fingerprint density at radius 2 is 2.33 bits per heavy atom. The molecule has 1 amide bonds. The van der Waals surface area contributed by atoms with Gasteiger partial charge >= 0.3 is 5.97 Å². The molecule has 1 N–H and O–H groups in total. The molecule has 1 aromatic heterocycles. The maximum absolute atomic E-state index is 11.6. The lowest BCUT2D eigenvalue weighted by molar-refractivity contribution is -0.121. The second-order valence-electron chi connectivity index (χ2n) is 3.50. The first-order valence-corrected chi connectivity index (χ1v) is 5.65. The molecule has 0 aliphatic heterocycles. The van der Waals surface area contributed by atoms with E-state index in [9.17, 15) is 9.59 Å². The molecule has 0 saturated heterocycles. The van der Waals surface area contributed by atoms with Crippen molar-refractivity contribution in [2.75, 3.05) is 13.2 Å². The molecule has 0 fully saturated rings. The smallest absolute Gasteiger partial charge is 0.354 e. The Hall–Kier alpha value is -2.29. The van der Waals surface area contributed by atoms with Gasteiger partial charge in [-0.25, -0.2) is 4.79 Å². The summed E-state index contributed by atoms with van der Waals surface area (Å²) >= 11 is 0. The zero-order valence-corrected chi connectivity index (χ0v) is 10.2. The highest BCUT2D eigenvalue weighted by Gasteiger charge is 2.13. The van der Waals surface area contributed by atoms with Gasteiger partial charge in [0.05, 0.1) is 19.1 Å². The molecule has 96 valence electrons. The van der Waals surface area contributed by atoms with Crippen LogP contribution in [0, 0.1) is 11.3 Å². The predicted molar refractivity (Wildman–Crippen MR) is 63.6 cm³/mol. The maximum atomic E-state index is 11.6. The lowest BCUT2D eigenvalue weighted by atomic mass is 10.4. The lowest BCUT2D eigenvalue weighted by Gasteiger charge is -2.08. The molecular weight excluding hydrogens is 234 g/mol. The molecule has 0 aliphatic rings. The van der Waals surface area contributed by atoms with Gasteiger partial charge in [0.1, 0.15) is 12.2 Å². The number of nitrogens with one attached hydrogen (secondary N) is 1. The van der Waals surface area contributed by atoms with E-state index >= 15 is 0 Å². The Morgan fingerprint density at radius 3 is 3.00 bits per heavy atom. The van der Waals surface area contributed by atoms with E-state index in [-0.39, 0.29) is 18.9 Å². The van der Waals surface area contributed by atoms with Crippen LogP contribution in [0.1, 0.15) is 23.8 Å². The van der Waals surface area contributed by atoms with Crippen LogP contribution in [-0.2, 0) is 16.1 Å². The van der Waals surface area contributed by atoms with Gasteiger partial charge in [0, 0.05) is 12.7 Å². The van der Waals surface area contributed by atoms with Gasteiger partial charge < -0.3 is 14.6 Å². The Bertz CT molecular complexity index is 459. The highest BCUT2D eigenvalue weighted by atomic mass is 16.5. The van der Waals surface area contributed by atoms with Crippen LogP contribution in [0.25, 0.3) is 0 Å². The van der Waals surface area contributed by atoms with Gasteiger partial charge in [0.2, 0.25) is 5.91 Å². The molecule has 0 bridgehead atoms. The number of carbonyl (C=O) groups excluding carboxylic acids is 2. The fourth-order valence-corrected chi connectivity index (χ4v) is 1.41. The molecule has 0 aromatic carbocycles. The van der Waals surface area contributed by atoms with Crippen molar-refractivity contribution in [3.63, 3.8) is 0 Å². The number of esters is 1. The van der Waals surface area contributed by atoms with Gasteiger partial charge in [-0.3, -0.25) is 4.79 Å². The minimum absolute atomic E-state index is 0.0343. The van der Waals surface area contributed by atoms with Crippen molar-refractivity contribution in [2.45, 2.75) is 19.9 Å². The van der Waals surface area contributed by atoms with Crippen molar-refractivity contribution >= 4 is 11.9 Å². The van der Waals surface area contributed by atoms with Gasteiger partial charge in [-0.15, -0.1) is 0 Å². The van der Waals surface area contributed by atoms with Crippen LogP contribution in [-0.4, -0.2) is 29.6 Å². The highest BCUT2D eigenvalue weighted by molar-refractivity contribution is 5.88. The summed E-state index contributed by atoms with van der Waals surface area (Å²) in [6.07, 6.45) is 1.90. The van der Waals surface area contributed by atoms with Crippen molar-refractivity contribution in [1.29, 1.82) is 5.26 Å². The third-order valence-electron chi connectivity index (χ3n) is 2.19. The topological polar surface area (TPSA) is 84.1 Å². The van der Waals surface area contributed by atoms with Gasteiger partial charge in [-0.05, 0) is 19.1 Å². The van der Waals surface area contributed by atoms with E-state index in [1.807, 2.05) is 6.07 Å². The fraction of sp³-hybridized carbons (Fsp3) is 0.417. The Kier molecular flexibility index (Phi) is 5.45. The van der Waals surface area contributed by atoms with Crippen molar-refractivity contribution < 1.29 is 14.3 Å². The molecule has 0 aliphatic carbocycles. The molecule has 6 heteroatoms. The molecule has 0 unspecified atom stereocenters. The summed E-state index contributed by atoms with van der Waals surface area (Å²) in [7, 11) is 0. The van der Waals surface area contributed by atoms with E-state index in [1.54, 1.807) is 25.3 Å². The van der Waals surface area contributed by atoms with Gasteiger partial charge in [-0.1, -0.05) is 0 Å². The summed E-state index contributed by atoms with van der Waals surface area (Å²) in [6, 6.07) is 5.21. The number of amides is 1. The Labute approximate surface area is 105 Å². The van der Waals surface area contributed by atoms with E-state index in [0.717, 1.165) is 0 Å². The highest BCUT2D eigenvalue weighted by Crippen LogP contribution is 2.04. The van der Waals surface area contributed by atoms with E-state index in [0.29, 0.717) is 18.8 Å². The maximum Gasteiger partial charge on any atom is 0.354 e. The minimum atomic E-state index is -0.452. The van der Waals surface area contributed by atoms with E-state index in [2.05, 4.69) is 5.32 Å². The molecular formula is C12H15N3O3. The number of ether oxygens (including phenoxy) is 1. The first-order chi connectivity index (χ1) is 8.69. The van der Waals surface area contributed by atoms with Crippen molar-refractivity contribution in [3.8, 4) is 6.07 Å². The third kappa shape index (κ3) is 3.94. The summed E-state index contributed by atoms with van der Waals surface area (Å²) in [5.41, 5.74) is 0.340. The summed E-state index contributed by atoms with van der Waals surface area (Å²) in [5, 5.41) is 10.9. The molecule has 0 radical (unpaired) electrons. The number of rotatable bonds is 6. The quantitative estimate of drug-likeness (QED) is 0.594. The summed E-state index contributed by atoms with van der Waals surface area (Å²) in [6.45, 7) is 2.36. The van der Waals surface area contributed by atoms with Crippen LogP contribution >= 0.6 is 0 Å². The van der Waals surface area contributed by atoms with Crippen molar-refractivity contribution in [3.05, 3.63) is 24.0 Å². The van der Waals surface area contributed by atoms with E-state index in [1.165, 1.54) is 4.57 Å². The number of nitriles is 1. The van der Waals surface area contributed by atoms with Crippen LogP contribution in [0.3, 0.4) is 0 Å². The van der Waals surface area contributed by atoms with Crippen LogP contribution in [0.15, 0.2) is 18.3 Å². The fourth-order valence-electron chi connectivity index (χ4n) is 1.41. The summed E-state index contributed by atoms with van der Waals surface area (Å²) in [5.74, 6) is -0.695. The van der Waals surface area contributed by atoms with E-state index < -0.39 is 5.97 Å². The first kappa shape index (κ1) is 13.8. The van der Waals surface area contributed by atoms with Crippen molar-refractivity contribution in [1.82, 2.24) is 9.88 Å². The first-order valence-electron chi connectivity index (χ1n) is 5.65. The average molecular weight is 249 g/mol. The second kappa shape index (κ2) is 7.12. The van der Waals surface area contributed by atoms with Crippen LogP contribution in [0.2, 0.25) is 0 Å².